The molecule has 0 unspecified atom stereocenters. The molecule has 0 aliphatic rings. The summed E-state index contributed by atoms with van der Waals surface area (Å²) >= 11 is 0. The predicted octanol–water partition coefficient (Wildman–Crippen LogP) is 2.53. The van der Waals surface area contributed by atoms with Crippen molar-refractivity contribution in [1.82, 2.24) is 10.2 Å². The summed E-state index contributed by atoms with van der Waals surface area (Å²) in [5.74, 6) is 0.0208. The second-order valence-electron chi connectivity index (χ2n) is 6.80. The Bertz CT molecular complexity index is 760. The molecule has 2 aromatic carbocycles. The fraction of sp³-hybridized carbons (Fsp3) is 0.364. The van der Waals surface area contributed by atoms with Gasteiger partial charge in [-0.25, -0.2) is 0 Å². The van der Waals surface area contributed by atoms with Crippen LogP contribution in [0.15, 0.2) is 54.6 Å². The van der Waals surface area contributed by atoms with Gasteiger partial charge in [0.2, 0.25) is 11.8 Å². The summed E-state index contributed by atoms with van der Waals surface area (Å²) in [6.45, 7) is 3.89. The highest BCUT2D eigenvalue weighted by Crippen LogP contribution is 2.26. The van der Waals surface area contributed by atoms with E-state index >= 15 is 0 Å². The minimum Gasteiger partial charge on any atom is -0.497 e. The average molecular weight is 384 g/mol. The molecule has 2 rings (SSSR count). The first kappa shape index (κ1) is 21.4. The van der Waals surface area contributed by atoms with Gasteiger partial charge in [0.25, 0.3) is 0 Å². The van der Waals surface area contributed by atoms with E-state index in [9.17, 15) is 9.59 Å². The Hall–Kier alpha value is -2.86. The second-order valence-corrected chi connectivity index (χ2v) is 6.80. The number of hydrogen-bond donors (Lipinski definition) is 2. The van der Waals surface area contributed by atoms with E-state index in [-0.39, 0.29) is 37.4 Å². The van der Waals surface area contributed by atoms with Crippen LogP contribution >= 0.6 is 0 Å². The van der Waals surface area contributed by atoms with Gasteiger partial charge < -0.3 is 20.1 Å². The smallest absolute Gasteiger partial charge is 0.247 e. The van der Waals surface area contributed by atoms with Gasteiger partial charge in [0, 0.05) is 19.0 Å². The van der Waals surface area contributed by atoms with Gasteiger partial charge in [-0.3, -0.25) is 9.59 Å². The van der Waals surface area contributed by atoms with Crippen LogP contribution in [0.3, 0.4) is 0 Å². The van der Waals surface area contributed by atoms with E-state index < -0.39 is 6.04 Å². The number of aliphatic hydroxyl groups is 1. The van der Waals surface area contributed by atoms with Gasteiger partial charge in [-0.05, 0) is 23.3 Å². The van der Waals surface area contributed by atoms with E-state index in [1.807, 2.05) is 68.4 Å². The maximum atomic E-state index is 13.0. The first-order chi connectivity index (χ1) is 13.5. The van der Waals surface area contributed by atoms with Crippen LogP contribution in [0.4, 0.5) is 0 Å². The number of hydrogen-bond acceptors (Lipinski definition) is 4. The topological polar surface area (TPSA) is 78.9 Å². The fourth-order valence-electron chi connectivity index (χ4n) is 2.94. The SMILES string of the molecule is COc1ccc(CN(C(=O)C(C)C)[C@@H](C(=O)NCCO)c2ccccc2)cc1. The zero-order valence-corrected chi connectivity index (χ0v) is 16.6. The molecule has 6 heteroatoms. The molecule has 0 aromatic heterocycles. The van der Waals surface area contributed by atoms with E-state index in [4.69, 9.17) is 9.84 Å². The van der Waals surface area contributed by atoms with Crippen LogP contribution in [0.25, 0.3) is 0 Å². The Kier molecular flexibility index (Phi) is 8.02. The average Bonchev–Trinajstić information content (AvgIpc) is 2.72. The van der Waals surface area contributed by atoms with E-state index in [1.54, 1.807) is 12.0 Å². The molecule has 0 saturated carbocycles. The Morgan fingerprint density at radius 3 is 2.25 bits per heavy atom. The lowest BCUT2D eigenvalue weighted by Gasteiger charge is -2.33. The summed E-state index contributed by atoms with van der Waals surface area (Å²) in [7, 11) is 1.60. The monoisotopic (exact) mass is 384 g/mol. The van der Waals surface area contributed by atoms with Crippen molar-refractivity contribution in [1.29, 1.82) is 0 Å². The van der Waals surface area contributed by atoms with Gasteiger partial charge in [0.15, 0.2) is 0 Å². The molecule has 2 aromatic rings. The summed E-state index contributed by atoms with van der Waals surface area (Å²) in [6, 6.07) is 15.8. The van der Waals surface area contributed by atoms with Crippen molar-refractivity contribution < 1.29 is 19.4 Å². The minimum absolute atomic E-state index is 0.121. The van der Waals surface area contributed by atoms with Gasteiger partial charge >= 0.3 is 0 Å². The van der Waals surface area contributed by atoms with Crippen molar-refractivity contribution in [3.05, 3.63) is 65.7 Å². The number of rotatable bonds is 9. The van der Waals surface area contributed by atoms with Crippen LogP contribution in [0.2, 0.25) is 0 Å². The Balaban J connectivity index is 2.42. The molecule has 0 aliphatic heterocycles. The van der Waals surface area contributed by atoms with Crippen molar-refractivity contribution in [2.24, 2.45) is 5.92 Å². The predicted molar refractivity (Wildman–Crippen MR) is 108 cm³/mol. The molecule has 2 amide bonds. The second kappa shape index (κ2) is 10.5. The van der Waals surface area contributed by atoms with Crippen molar-refractivity contribution in [3.63, 3.8) is 0 Å². The third-order valence-electron chi connectivity index (χ3n) is 4.38. The maximum absolute atomic E-state index is 13.0. The number of aliphatic hydroxyl groups excluding tert-OH is 1. The number of carbonyl (C=O) groups is 2. The Morgan fingerprint density at radius 1 is 1.07 bits per heavy atom. The number of nitrogens with one attached hydrogen (secondary N) is 1. The van der Waals surface area contributed by atoms with E-state index in [2.05, 4.69) is 5.32 Å². The van der Waals surface area contributed by atoms with Crippen molar-refractivity contribution in [2.45, 2.75) is 26.4 Å². The molecule has 1 atom stereocenters. The molecular weight excluding hydrogens is 356 g/mol. The first-order valence-corrected chi connectivity index (χ1v) is 9.34. The van der Waals surface area contributed by atoms with Crippen molar-refractivity contribution in [2.75, 3.05) is 20.3 Å². The molecule has 0 aliphatic carbocycles. The van der Waals surface area contributed by atoms with Gasteiger partial charge in [-0.2, -0.15) is 0 Å². The number of ether oxygens (including phenoxy) is 1. The van der Waals surface area contributed by atoms with Crippen LogP contribution in [-0.4, -0.2) is 42.1 Å². The molecule has 6 nitrogen and oxygen atoms in total. The quantitative estimate of drug-likeness (QED) is 0.696. The Labute approximate surface area is 166 Å². The van der Waals surface area contributed by atoms with Crippen LogP contribution in [-0.2, 0) is 16.1 Å². The van der Waals surface area contributed by atoms with Crippen molar-refractivity contribution >= 4 is 11.8 Å². The standard InChI is InChI=1S/C22H28N2O4/c1-16(2)22(27)24(15-17-9-11-19(28-3)12-10-17)20(21(26)23-13-14-25)18-7-5-4-6-8-18/h4-12,16,20,25H,13-15H2,1-3H3,(H,23,26)/t20-/m1/s1. The van der Waals surface area contributed by atoms with Crippen LogP contribution < -0.4 is 10.1 Å². The van der Waals surface area contributed by atoms with Crippen LogP contribution in [0.1, 0.15) is 31.0 Å². The first-order valence-electron chi connectivity index (χ1n) is 9.34. The van der Waals surface area contributed by atoms with Gasteiger partial charge in [0.05, 0.1) is 13.7 Å². The van der Waals surface area contributed by atoms with Gasteiger partial charge in [-0.1, -0.05) is 56.3 Å². The minimum atomic E-state index is -0.787. The molecular formula is C22H28N2O4. The molecule has 150 valence electrons. The normalized spacial score (nSPS) is 11.8. The summed E-state index contributed by atoms with van der Waals surface area (Å²) in [5.41, 5.74) is 1.62. The van der Waals surface area contributed by atoms with Gasteiger partial charge in [0.1, 0.15) is 11.8 Å². The zero-order valence-electron chi connectivity index (χ0n) is 16.6. The zero-order chi connectivity index (χ0) is 20.5. The number of nitrogens with zero attached hydrogens (tertiary/aromatic N) is 1. The number of methoxy groups -OCH3 is 1. The van der Waals surface area contributed by atoms with Crippen LogP contribution in [0.5, 0.6) is 5.75 Å². The summed E-state index contributed by atoms with van der Waals surface area (Å²) in [5, 5.41) is 11.8. The number of carbonyl (C=O) groups excluding carboxylic acids is 2. The largest absolute Gasteiger partial charge is 0.497 e. The van der Waals surface area contributed by atoms with Gasteiger partial charge in [-0.15, -0.1) is 0 Å². The summed E-state index contributed by atoms with van der Waals surface area (Å²) in [6.07, 6.45) is 0. The maximum Gasteiger partial charge on any atom is 0.247 e. The lowest BCUT2D eigenvalue weighted by molar-refractivity contribution is -0.144. The molecule has 0 spiro atoms. The fourth-order valence-corrected chi connectivity index (χ4v) is 2.94. The molecule has 0 bridgehead atoms. The van der Waals surface area contributed by atoms with E-state index in [1.165, 1.54) is 0 Å². The highest BCUT2D eigenvalue weighted by atomic mass is 16.5. The lowest BCUT2D eigenvalue weighted by atomic mass is 10.0. The number of benzene rings is 2. The third kappa shape index (κ3) is 5.57. The van der Waals surface area contributed by atoms with E-state index in [0.29, 0.717) is 0 Å². The molecule has 0 radical (unpaired) electrons. The summed E-state index contributed by atoms with van der Waals surface area (Å²) in [4.78, 5) is 27.6. The summed E-state index contributed by atoms with van der Waals surface area (Å²) < 4.78 is 5.19. The number of amides is 2. The molecule has 28 heavy (non-hydrogen) atoms. The highest BCUT2D eigenvalue weighted by molar-refractivity contribution is 5.89. The van der Waals surface area contributed by atoms with Crippen molar-refractivity contribution in [3.8, 4) is 5.75 Å². The molecule has 2 N–H and O–H groups in total. The van der Waals surface area contributed by atoms with Crippen LogP contribution in [0, 0.1) is 5.92 Å². The third-order valence-corrected chi connectivity index (χ3v) is 4.38. The van der Waals surface area contributed by atoms with E-state index in [0.717, 1.165) is 16.9 Å². The molecule has 0 heterocycles. The molecule has 0 saturated heterocycles. The molecule has 0 fully saturated rings. The Morgan fingerprint density at radius 2 is 1.71 bits per heavy atom. The lowest BCUT2D eigenvalue weighted by Crippen LogP contribution is -2.45. The highest BCUT2D eigenvalue weighted by Gasteiger charge is 2.32.